The van der Waals surface area contributed by atoms with E-state index >= 15 is 0 Å². The Morgan fingerprint density at radius 2 is 1.69 bits per heavy atom. The van der Waals surface area contributed by atoms with Crippen LogP contribution in [0.25, 0.3) is 22.0 Å². The molecule has 7 heteroatoms. The number of pyridine rings is 2. The van der Waals surface area contributed by atoms with E-state index in [1.54, 1.807) is 4.68 Å². The smallest absolute Gasteiger partial charge is 0.142 e. The molecule has 5 rings (SSSR count). The van der Waals surface area contributed by atoms with Crippen molar-refractivity contribution in [2.24, 2.45) is 13.0 Å². The molecule has 0 saturated carbocycles. The first-order chi connectivity index (χ1) is 15.5. The Bertz CT molecular complexity index is 1090. The maximum Gasteiger partial charge on any atom is 0.142 e. The van der Waals surface area contributed by atoms with Gasteiger partial charge in [0.25, 0.3) is 0 Å². The summed E-state index contributed by atoms with van der Waals surface area (Å²) in [6, 6.07) is 4.80. The maximum absolute atomic E-state index is 13.0. The van der Waals surface area contributed by atoms with Crippen LogP contribution in [0.5, 0.6) is 0 Å². The molecule has 2 aliphatic rings. The van der Waals surface area contributed by atoms with Gasteiger partial charge in [0.1, 0.15) is 5.78 Å². The van der Waals surface area contributed by atoms with Crippen molar-refractivity contribution in [3.63, 3.8) is 0 Å². The van der Waals surface area contributed by atoms with E-state index in [2.05, 4.69) is 38.0 Å². The SMILES string of the molecule is CN1CCC(N2CCC(C(=O)Cc3cc4cc(-c5cnn(C)c5)ncc4cn3)CC2)CC1. The first kappa shape index (κ1) is 21.2. The van der Waals surface area contributed by atoms with Gasteiger partial charge in [-0.3, -0.25) is 19.4 Å². The normalized spacial score (nSPS) is 19.6. The van der Waals surface area contributed by atoms with E-state index in [9.17, 15) is 4.79 Å². The predicted octanol–water partition coefficient (Wildman–Crippen LogP) is 2.95. The summed E-state index contributed by atoms with van der Waals surface area (Å²) in [5.41, 5.74) is 2.72. The van der Waals surface area contributed by atoms with Gasteiger partial charge in [0.15, 0.2) is 0 Å². The zero-order chi connectivity index (χ0) is 22.1. The minimum absolute atomic E-state index is 0.165. The highest BCUT2D eigenvalue weighted by molar-refractivity contribution is 5.87. The molecule has 7 nitrogen and oxygen atoms in total. The fraction of sp³-hybridized carbons (Fsp3) is 0.520. The molecular formula is C25H32N6O. The monoisotopic (exact) mass is 432 g/mol. The molecule has 168 valence electrons. The van der Waals surface area contributed by atoms with Gasteiger partial charge in [0, 0.05) is 60.7 Å². The molecule has 0 radical (unpaired) electrons. The third-order valence-electron chi connectivity index (χ3n) is 7.21. The molecule has 3 aromatic heterocycles. The Morgan fingerprint density at radius 1 is 0.938 bits per heavy atom. The molecule has 2 fully saturated rings. The van der Waals surface area contributed by atoms with Crippen molar-refractivity contribution in [2.75, 3.05) is 33.2 Å². The molecule has 2 aliphatic heterocycles. The lowest BCUT2D eigenvalue weighted by atomic mass is 9.88. The average molecular weight is 433 g/mol. The highest BCUT2D eigenvalue weighted by atomic mass is 16.1. The van der Waals surface area contributed by atoms with Crippen LogP contribution in [0.3, 0.4) is 0 Å². The van der Waals surface area contributed by atoms with E-state index in [1.165, 1.54) is 25.9 Å². The zero-order valence-corrected chi connectivity index (χ0v) is 19.1. The molecule has 0 spiro atoms. The number of Topliss-reactive ketones (excluding diaryl/α,β-unsaturated/α-hetero) is 1. The second kappa shape index (κ2) is 9.08. The van der Waals surface area contributed by atoms with Crippen LogP contribution < -0.4 is 0 Å². The molecule has 0 amide bonds. The number of piperidine rings is 2. The summed E-state index contributed by atoms with van der Waals surface area (Å²) < 4.78 is 1.77. The van der Waals surface area contributed by atoms with Crippen LogP contribution in [0.1, 0.15) is 31.4 Å². The lowest BCUT2D eigenvalue weighted by Crippen LogP contribution is -2.47. The number of aryl methyl sites for hydroxylation is 1. The zero-order valence-electron chi connectivity index (χ0n) is 19.1. The lowest BCUT2D eigenvalue weighted by Gasteiger charge is -2.40. The second-order valence-electron chi connectivity index (χ2n) is 9.48. The summed E-state index contributed by atoms with van der Waals surface area (Å²) in [7, 11) is 4.11. The van der Waals surface area contributed by atoms with Crippen LogP contribution in [-0.2, 0) is 18.3 Å². The van der Waals surface area contributed by atoms with Gasteiger partial charge in [-0.1, -0.05) is 0 Å². The summed E-state index contributed by atoms with van der Waals surface area (Å²) in [4.78, 5) is 27.2. The predicted molar refractivity (Wildman–Crippen MR) is 125 cm³/mol. The molecule has 0 atom stereocenters. The first-order valence-electron chi connectivity index (χ1n) is 11.7. The Morgan fingerprint density at radius 3 is 2.41 bits per heavy atom. The number of ketones is 1. The number of fused-ring (bicyclic) bond motifs is 1. The van der Waals surface area contributed by atoms with E-state index in [0.717, 1.165) is 53.7 Å². The van der Waals surface area contributed by atoms with Crippen LogP contribution in [-0.4, -0.2) is 74.6 Å². The summed E-state index contributed by atoms with van der Waals surface area (Å²) in [5, 5.41) is 6.28. The quantitative estimate of drug-likeness (QED) is 0.618. The number of carbonyl (C=O) groups is 1. The number of hydrogen-bond acceptors (Lipinski definition) is 6. The Kier molecular flexibility index (Phi) is 6.02. The van der Waals surface area contributed by atoms with E-state index in [4.69, 9.17) is 0 Å². The lowest BCUT2D eigenvalue weighted by molar-refractivity contribution is -0.124. The number of aromatic nitrogens is 4. The van der Waals surface area contributed by atoms with E-state index < -0.39 is 0 Å². The molecular weight excluding hydrogens is 400 g/mol. The largest absolute Gasteiger partial charge is 0.306 e. The summed E-state index contributed by atoms with van der Waals surface area (Å²) in [6.45, 7) is 4.48. The minimum Gasteiger partial charge on any atom is -0.306 e. The summed E-state index contributed by atoms with van der Waals surface area (Å²) in [5.74, 6) is 0.500. The topological polar surface area (TPSA) is 67.2 Å². The molecule has 0 bridgehead atoms. The summed E-state index contributed by atoms with van der Waals surface area (Å²) >= 11 is 0. The maximum atomic E-state index is 13.0. The van der Waals surface area contributed by atoms with Crippen LogP contribution in [0.4, 0.5) is 0 Å². The highest BCUT2D eigenvalue weighted by Crippen LogP contribution is 2.26. The Balaban J connectivity index is 1.22. The number of likely N-dealkylation sites (tertiary alicyclic amines) is 2. The van der Waals surface area contributed by atoms with Crippen LogP contribution in [0.15, 0.2) is 36.9 Å². The van der Waals surface area contributed by atoms with Crippen molar-refractivity contribution in [1.82, 2.24) is 29.5 Å². The molecule has 3 aromatic rings. The standard InChI is InChI=1S/C25H32N6O/c1-29-7-5-23(6-8-29)31-9-3-18(4-10-31)25(32)13-22-11-19-12-24(21-16-28-30(2)17-21)27-15-20(19)14-26-22/h11-12,14-18,23H,3-10,13H2,1-2H3. The van der Waals surface area contributed by atoms with Gasteiger partial charge >= 0.3 is 0 Å². The molecule has 2 saturated heterocycles. The number of carbonyl (C=O) groups excluding carboxylic acids is 1. The fourth-order valence-corrected chi connectivity index (χ4v) is 5.16. The van der Waals surface area contributed by atoms with E-state index in [-0.39, 0.29) is 5.92 Å². The van der Waals surface area contributed by atoms with Crippen LogP contribution in [0, 0.1) is 5.92 Å². The molecule has 0 aromatic carbocycles. The van der Waals surface area contributed by atoms with Gasteiger partial charge in [-0.05, 0) is 76.4 Å². The van der Waals surface area contributed by atoms with E-state index in [0.29, 0.717) is 18.2 Å². The summed E-state index contributed by atoms with van der Waals surface area (Å²) in [6.07, 6.45) is 12.3. The van der Waals surface area contributed by atoms with Crippen LogP contribution in [0.2, 0.25) is 0 Å². The van der Waals surface area contributed by atoms with Gasteiger partial charge in [0.05, 0.1) is 11.9 Å². The number of rotatable bonds is 5. The second-order valence-corrected chi connectivity index (χ2v) is 9.48. The van der Waals surface area contributed by atoms with Crippen molar-refractivity contribution in [2.45, 2.75) is 38.1 Å². The van der Waals surface area contributed by atoms with Crippen molar-refractivity contribution in [1.29, 1.82) is 0 Å². The van der Waals surface area contributed by atoms with Crippen molar-refractivity contribution >= 4 is 16.6 Å². The van der Waals surface area contributed by atoms with Gasteiger partial charge in [0.2, 0.25) is 0 Å². The first-order valence-corrected chi connectivity index (χ1v) is 11.7. The third kappa shape index (κ3) is 4.59. The third-order valence-corrected chi connectivity index (χ3v) is 7.21. The van der Waals surface area contributed by atoms with Gasteiger partial charge < -0.3 is 9.80 Å². The molecule has 32 heavy (non-hydrogen) atoms. The fourth-order valence-electron chi connectivity index (χ4n) is 5.16. The van der Waals surface area contributed by atoms with E-state index in [1.807, 2.05) is 37.9 Å². The molecule has 0 aliphatic carbocycles. The van der Waals surface area contributed by atoms with Crippen molar-refractivity contribution < 1.29 is 4.79 Å². The number of nitrogens with zero attached hydrogens (tertiary/aromatic N) is 6. The Labute approximate surface area is 189 Å². The van der Waals surface area contributed by atoms with Crippen LogP contribution >= 0.6 is 0 Å². The van der Waals surface area contributed by atoms with Crippen molar-refractivity contribution in [3.05, 3.63) is 42.6 Å². The molecule has 5 heterocycles. The minimum atomic E-state index is 0.165. The average Bonchev–Trinajstić information content (AvgIpc) is 3.25. The van der Waals surface area contributed by atoms with Gasteiger partial charge in [-0.25, -0.2) is 0 Å². The van der Waals surface area contributed by atoms with Gasteiger partial charge in [-0.15, -0.1) is 0 Å². The van der Waals surface area contributed by atoms with Gasteiger partial charge in [-0.2, -0.15) is 5.10 Å². The molecule has 0 unspecified atom stereocenters. The Hall–Kier alpha value is -2.64. The number of hydrogen-bond donors (Lipinski definition) is 0. The molecule has 0 N–H and O–H groups in total. The highest BCUT2D eigenvalue weighted by Gasteiger charge is 2.30. The van der Waals surface area contributed by atoms with Crippen molar-refractivity contribution in [3.8, 4) is 11.3 Å².